The molecule has 1 aromatic carbocycles. The number of carbonyl (C=O) groups excluding carboxylic acids is 1. The highest BCUT2D eigenvalue weighted by Crippen LogP contribution is 2.44. The third-order valence-corrected chi connectivity index (χ3v) is 6.56. The molecular formula is C23H31NO7. The van der Waals surface area contributed by atoms with Crippen LogP contribution in [0.2, 0.25) is 0 Å². The molecule has 8 nitrogen and oxygen atoms in total. The van der Waals surface area contributed by atoms with E-state index in [2.05, 4.69) is 5.32 Å². The van der Waals surface area contributed by atoms with Crippen LogP contribution in [-0.2, 0) is 28.5 Å². The first-order valence-corrected chi connectivity index (χ1v) is 11.3. The number of aliphatic hydroxyl groups is 1. The van der Waals surface area contributed by atoms with E-state index in [0.717, 1.165) is 31.2 Å². The second kappa shape index (κ2) is 9.13. The Kier molecular flexibility index (Phi) is 6.28. The molecule has 31 heavy (non-hydrogen) atoms. The summed E-state index contributed by atoms with van der Waals surface area (Å²) in [5, 5.41) is 13.9. The Labute approximate surface area is 182 Å². The van der Waals surface area contributed by atoms with Gasteiger partial charge >= 0.3 is 0 Å². The molecule has 1 saturated carbocycles. The highest BCUT2D eigenvalue weighted by Gasteiger charge is 2.55. The SMILES string of the molecule is CC(=O)N[C@H]1[C@H](OC2CCCCC2)O[C@@H]2CO[C@@H]([C@H]3O[C@H]3c3ccccc3)O[C@H]2[C@@H]1O. The van der Waals surface area contributed by atoms with Gasteiger partial charge in [0.25, 0.3) is 0 Å². The fourth-order valence-electron chi connectivity index (χ4n) is 4.92. The van der Waals surface area contributed by atoms with Crippen molar-refractivity contribution in [2.45, 2.75) is 94.3 Å². The van der Waals surface area contributed by atoms with Gasteiger partial charge < -0.3 is 34.1 Å². The number of nitrogens with one attached hydrogen (secondary N) is 1. The smallest absolute Gasteiger partial charge is 0.217 e. The molecule has 8 atom stereocenters. The summed E-state index contributed by atoms with van der Waals surface area (Å²) in [4.78, 5) is 11.8. The first-order valence-electron chi connectivity index (χ1n) is 11.3. The molecule has 0 radical (unpaired) electrons. The Bertz CT molecular complexity index is 756. The summed E-state index contributed by atoms with van der Waals surface area (Å²) in [7, 11) is 0. The van der Waals surface area contributed by atoms with Crippen molar-refractivity contribution in [3.8, 4) is 0 Å². The topological polar surface area (TPSA) is 98.8 Å². The second-order valence-corrected chi connectivity index (χ2v) is 8.89. The van der Waals surface area contributed by atoms with Crippen molar-refractivity contribution < 1.29 is 33.6 Å². The van der Waals surface area contributed by atoms with E-state index in [4.69, 9.17) is 23.7 Å². The Balaban J connectivity index is 1.25. The molecule has 2 N–H and O–H groups in total. The quantitative estimate of drug-likeness (QED) is 0.684. The van der Waals surface area contributed by atoms with Crippen LogP contribution >= 0.6 is 0 Å². The first-order chi connectivity index (χ1) is 15.1. The summed E-state index contributed by atoms with van der Waals surface area (Å²) in [6.45, 7) is 1.69. The molecule has 4 aliphatic rings. The summed E-state index contributed by atoms with van der Waals surface area (Å²) in [5.41, 5.74) is 1.07. The molecule has 3 saturated heterocycles. The minimum Gasteiger partial charge on any atom is -0.388 e. The maximum Gasteiger partial charge on any atom is 0.217 e. The van der Waals surface area contributed by atoms with E-state index in [1.165, 1.54) is 13.3 Å². The molecule has 3 heterocycles. The lowest BCUT2D eigenvalue weighted by Gasteiger charge is -2.48. The van der Waals surface area contributed by atoms with Crippen molar-refractivity contribution >= 4 is 5.91 Å². The average Bonchev–Trinajstić information content (AvgIpc) is 3.58. The van der Waals surface area contributed by atoms with Gasteiger partial charge in [0.2, 0.25) is 5.91 Å². The van der Waals surface area contributed by atoms with Crippen molar-refractivity contribution in [1.82, 2.24) is 5.32 Å². The molecule has 8 heteroatoms. The Morgan fingerprint density at radius 3 is 2.58 bits per heavy atom. The summed E-state index contributed by atoms with van der Waals surface area (Å²) in [6.07, 6.45) is 1.72. The minimum atomic E-state index is -0.975. The molecule has 1 aromatic rings. The van der Waals surface area contributed by atoms with Crippen LogP contribution in [-0.4, -0.2) is 66.8 Å². The van der Waals surface area contributed by atoms with Crippen molar-refractivity contribution in [1.29, 1.82) is 0 Å². The van der Waals surface area contributed by atoms with E-state index in [1.807, 2.05) is 30.3 Å². The fourth-order valence-corrected chi connectivity index (χ4v) is 4.92. The van der Waals surface area contributed by atoms with Gasteiger partial charge in [0.15, 0.2) is 12.6 Å². The molecule has 0 aromatic heterocycles. The molecule has 0 unspecified atom stereocenters. The number of ether oxygens (including phenoxy) is 5. The number of amides is 1. The largest absolute Gasteiger partial charge is 0.388 e. The van der Waals surface area contributed by atoms with Crippen LogP contribution in [0.25, 0.3) is 0 Å². The normalized spacial score (nSPS) is 40.7. The molecule has 0 spiro atoms. The second-order valence-electron chi connectivity index (χ2n) is 8.89. The van der Waals surface area contributed by atoms with E-state index >= 15 is 0 Å². The standard InChI is InChI=1S/C23H31NO7/c1-13(25)24-17-18(26)20-16(29-22(17)28-15-10-6-3-7-11-15)12-27-23(31-20)21-19(30-21)14-8-4-2-5-9-14/h2,4-5,8-9,15-23,26H,3,6-7,10-12H2,1H3,(H,24,25)/t16-,17-,18-,19+,20-,21+,22-,23-/m1/s1. The monoisotopic (exact) mass is 433 g/mol. The maximum atomic E-state index is 11.8. The number of hydrogen-bond donors (Lipinski definition) is 2. The van der Waals surface area contributed by atoms with Crippen LogP contribution in [0.3, 0.4) is 0 Å². The molecular weight excluding hydrogens is 402 g/mol. The third kappa shape index (κ3) is 4.65. The molecule has 3 aliphatic heterocycles. The van der Waals surface area contributed by atoms with E-state index in [-0.39, 0.29) is 30.8 Å². The number of rotatable bonds is 5. The average molecular weight is 434 g/mol. The molecule has 1 aliphatic carbocycles. The zero-order valence-electron chi connectivity index (χ0n) is 17.7. The molecule has 170 valence electrons. The highest BCUT2D eigenvalue weighted by atomic mass is 16.8. The van der Waals surface area contributed by atoms with Gasteiger partial charge in [-0.15, -0.1) is 0 Å². The Morgan fingerprint density at radius 2 is 1.84 bits per heavy atom. The Hall–Kier alpha value is -1.55. The van der Waals surface area contributed by atoms with Gasteiger partial charge in [0.05, 0.1) is 12.7 Å². The number of carbonyl (C=O) groups is 1. The lowest BCUT2D eigenvalue weighted by Crippen LogP contribution is -2.68. The van der Waals surface area contributed by atoms with E-state index in [9.17, 15) is 9.90 Å². The number of epoxide rings is 1. The van der Waals surface area contributed by atoms with Crippen LogP contribution in [0.15, 0.2) is 30.3 Å². The minimum absolute atomic E-state index is 0.0726. The predicted molar refractivity (Wildman–Crippen MR) is 109 cm³/mol. The maximum absolute atomic E-state index is 11.8. The lowest BCUT2D eigenvalue weighted by atomic mass is 9.94. The van der Waals surface area contributed by atoms with Gasteiger partial charge in [-0.1, -0.05) is 49.6 Å². The van der Waals surface area contributed by atoms with Gasteiger partial charge in [0, 0.05) is 6.92 Å². The van der Waals surface area contributed by atoms with Crippen LogP contribution in [0.5, 0.6) is 0 Å². The van der Waals surface area contributed by atoms with Crippen molar-refractivity contribution in [3.05, 3.63) is 35.9 Å². The van der Waals surface area contributed by atoms with Crippen molar-refractivity contribution in [3.63, 3.8) is 0 Å². The predicted octanol–water partition coefficient (Wildman–Crippen LogP) is 1.81. The lowest BCUT2D eigenvalue weighted by molar-refractivity contribution is -0.349. The van der Waals surface area contributed by atoms with Gasteiger partial charge in [0.1, 0.15) is 36.6 Å². The first kappa shape index (κ1) is 21.3. The van der Waals surface area contributed by atoms with E-state index < -0.39 is 36.9 Å². The van der Waals surface area contributed by atoms with Gasteiger partial charge in [-0.2, -0.15) is 0 Å². The van der Waals surface area contributed by atoms with E-state index in [0.29, 0.717) is 0 Å². The zero-order valence-corrected chi connectivity index (χ0v) is 17.7. The van der Waals surface area contributed by atoms with Gasteiger partial charge in [-0.05, 0) is 18.4 Å². The summed E-state index contributed by atoms with van der Waals surface area (Å²) in [5.74, 6) is -0.248. The molecule has 0 bridgehead atoms. The van der Waals surface area contributed by atoms with Crippen LogP contribution < -0.4 is 5.32 Å². The summed E-state index contributed by atoms with van der Waals surface area (Å²) in [6, 6.07) is 9.21. The number of fused-ring (bicyclic) bond motifs is 1. The molecule has 4 fully saturated rings. The highest BCUT2D eigenvalue weighted by molar-refractivity contribution is 5.73. The van der Waals surface area contributed by atoms with E-state index in [1.54, 1.807) is 0 Å². The molecule has 5 rings (SSSR count). The van der Waals surface area contributed by atoms with Crippen molar-refractivity contribution in [2.75, 3.05) is 6.61 Å². The van der Waals surface area contributed by atoms with Crippen LogP contribution in [0.1, 0.15) is 50.7 Å². The number of hydrogen-bond acceptors (Lipinski definition) is 7. The van der Waals surface area contributed by atoms with Gasteiger partial charge in [-0.3, -0.25) is 4.79 Å². The zero-order chi connectivity index (χ0) is 21.4. The fraction of sp³-hybridized carbons (Fsp3) is 0.696. The number of aliphatic hydroxyl groups excluding tert-OH is 1. The van der Waals surface area contributed by atoms with Gasteiger partial charge in [-0.25, -0.2) is 0 Å². The summed E-state index contributed by atoms with van der Waals surface area (Å²) < 4.78 is 30.1. The van der Waals surface area contributed by atoms with Crippen LogP contribution in [0, 0.1) is 0 Å². The molecule has 1 amide bonds. The van der Waals surface area contributed by atoms with Crippen LogP contribution in [0.4, 0.5) is 0 Å². The third-order valence-electron chi connectivity index (χ3n) is 6.56. The summed E-state index contributed by atoms with van der Waals surface area (Å²) >= 11 is 0. The Morgan fingerprint density at radius 1 is 1.06 bits per heavy atom. The van der Waals surface area contributed by atoms with Crippen molar-refractivity contribution in [2.24, 2.45) is 0 Å². The number of benzene rings is 1.